The van der Waals surface area contributed by atoms with E-state index < -0.39 is 0 Å². The van der Waals surface area contributed by atoms with Gasteiger partial charge >= 0.3 is 0 Å². The van der Waals surface area contributed by atoms with Crippen molar-refractivity contribution >= 4 is 5.91 Å². The molecule has 1 atom stereocenters. The van der Waals surface area contributed by atoms with E-state index in [4.69, 9.17) is 9.47 Å². The number of methoxy groups -OCH3 is 2. The number of ether oxygens (including phenoxy) is 2. The lowest BCUT2D eigenvalue weighted by atomic mass is 10.1. The molecule has 1 aliphatic rings. The molecule has 2 heterocycles. The average Bonchev–Trinajstić information content (AvgIpc) is 2.78. The molecule has 0 spiro atoms. The molecular weight excluding hydrogens is 368 g/mol. The summed E-state index contributed by atoms with van der Waals surface area (Å²) in [6.07, 6.45) is 1.83. The fourth-order valence-electron chi connectivity index (χ4n) is 3.52. The molecule has 0 aliphatic carbocycles. The molecule has 7 heteroatoms. The summed E-state index contributed by atoms with van der Waals surface area (Å²) in [5.41, 5.74) is 2.06. The van der Waals surface area contributed by atoms with Crippen molar-refractivity contribution in [3.63, 3.8) is 0 Å². The number of nitrogens with zero attached hydrogens (tertiary/aromatic N) is 3. The lowest BCUT2D eigenvalue weighted by Gasteiger charge is -2.37. The van der Waals surface area contributed by atoms with E-state index in [1.54, 1.807) is 14.2 Å². The second-order valence-electron chi connectivity index (χ2n) is 7.22. The van der Waals surface area contributed by atoms with Gasteiger partial charge in [-0.05, 0) is 36.8 Å². The molecule has 0 radical (unpaired) electrons. The van der Waals surface area contributed by atoms with Gasteiger partial charge in [-0.2, -0.15) is 0 Å². The number of hydrogen-bond donors (Lipinski definition) is 1. The molecule has 3 rings (SSSR count). The number of carbonyl (C=O) groups is 1. The first-order chi connectivity index (χ1) is 14.1. The number of hydrogen-bond acceptors (Lipinski definition) is 6. The number of piperazine rings is 1. The van der Waals surface area contributed by atoms with Crippen LogP contribution >= 0.6 is 0 Å². The van der Waals surface area contributed by atoms with Crippen LogP contribution in [0.4, 0.5) is 0 Å². The molecule has 29 heavy (non-hydrogen) atoms. The SMILES string of the molecule is COc1ccc(CNC(=O)C(C)N2CCN(Cc3ccccn3)CC2)cc1OC. The standard InChI is InChI=1S/C22H30N4O3/c1-17(22(27)24-15-18-7-8-20(28-2)21(14-18)29-3)26-12-10-25(11-13-26)16-19-6-4-5-9-23-19/h4-9,14,17H,10-13,15-16H2,1-3H3,(H,24,27). The summed E-state index contributed by atoms with van der Waals surface area (Å²) >= 11 is 0. The van der Waals surface area contributed by atoms with Crippen molar-refractivity contribution in [2.24, 2.45) is 0 Å². The Hall–Kier alpha value is -2.64. The van der Waals surface area contributed by atoms with Gasteiger partial charge in [0.25, 0.3) is 0 Å². The van der Waals surface area contributed by atoms with Gasteiger partial charge in [0.15, 0.2) is 11.5 Å². The van der Waals surface area contributed by atoms with E-state index in [0.717, 1.165) is 44.0 Å². The van der Waals surface area contributed by atoms with Gasteiger partial charge in [-0.15, -0.1) is 0 Å². The molecule has 1 fully saturated rings. The second kappa shape index (κ2) is 10.2. The number of amides is 1. The number of rotatable bonds is 8. The quantitative estimate of drug-likeness (QED) is 0.733. The molecule has 1 saturated heterocycles. The third-order valence-corrected chi connectivity index (χ3v) is 5.36. The molecule has 2 aromatic rings. The molecule has 1 N–H and O–H groups in total. The van der Waals surface area contributed by atoms with Crippen LogP contribution in [0, 0.1) is 0 Å². The van der Waals surface area contributed by atoms with Gasteiger partial charge in [0.05, 0.1) is 26.0 Å². The van der Waals surface area contributed by atoms with E-state index in [1.807, 2.05) is 43.5 Å². The summed E-state index contributed by atoms with van der Waals surface area (Å²) in [4.78, 5) is 21.6. The first kappa shape index (κ1) is 21.1. The lowest BCUT2D eigenvalue weighted by Crippen LogP contribution is -2.53. The molecule has 1 aliphatic heterocycles. The van der Waals surface area contributed by atoms with Crippen LogP contribution in [0.2, 0.25) is 0 Å². The van der Waals surface area contributed by atoms with Crippen LogP contribution in [-0.4, -0.2) is 67.1 Å². The van der Waals surface area contributed by atoms with Crippen LogP contribution in [0.15, 0.2) is 42.6 Å². The highest BCUT2D eigenvalue weighted by Gasteiger charge is 2.25. The van der Waals surface area contributed by atoms with Gasteiger partial charge < -0.3 is 14.8 Å². The molecule has 156 valence electrons. The molecule has 1 aromatic heterocycles. The van der Waals surface area contributed by atoms with Crippen LogP contribution < -0.4 is 14.8 Å². The zero-order valence-electron chi connectivity index (χ0n) is 17.4. The van der Waals surface area contributed by atoms with E-state index in [2.05, 4.69) is 26.2 Å². The summed E-state index contributed by atoms with van der Waals surface area (Å²) in [5.74, 6) is 1.38. The van der Waals surface area contributed by atoms with Crippen LogP contribution in [0.25, 0.3) is 0 Å². The molecular formula is C22H30N4O3. The minimum Gasteiger partial charge on any atom is -0.493 e. The van der Waals surface area contributed by atoms with E-state index in [0.29, 0.717) is 18.0 Å². The van der Waals surface area contributed by atoms with Crippen molar-refractivity contribution in [3.8, 4) is 11.5 Å². The van der Waals surface area contributed by atoms with Crippen LogP contribution in [0.1, 0.15) is 18.2 Å². The number of aromatic nitrogens is 1. The Morgan fingerprint density at radius 3 is 2.52 bits per heavy atom. The van der Waals surface area contributed by atoms with Gasteiger partial charge in [-0.3, -0.25) is 19.6 Å². The van der Waals surface area contributed by atoms with Crippen LogP contribution in [0.3, 0.4) is 0 Å². The third kappa shape index (κ3) is 5.68. The zero-order chi connectivity index (χ0) is 20.6. The Morgan fingerprint density at radius 1 is 1.10 bits per heavy atom. The van der Waals surface area contributed by atoms with Crippen molar-refractivity contribution in [1.82, 2.24) is 20.1 Å². The number of benzene rings is 1. The van der Waals surface area contributed by atoms with E-state index in [-0.39, 0.29) is 11.9 Å². The molecule has 1 unspecified atom stereocenters. The monoisotopic (exact) mass is 398 g/mol. The molecule has 1 amide bonds. The van der Waals surface area contributed by atoms with E-state index in [1.165, 1.54) is 0 Å². The third-order valence-electron chi connectivity index (χ3n) is 5.36. The first-order valence-corrected chi connectivity index (χ1v) is 9.95. The maximum Gasteiger partial charge on any atom is 0.237 e. The Bertz CT molecular complexity index is 792. The summed E-state index contributed by atoms with van der Waals surface area (Å²) in [5, 5.41) is 3.04. The smallest absolute Gasteiger partial charge is 0.237 e. The van der Waals surface area contributed by atoms with E-state index >= 15 is 0 Å². The Morgan fingerprint density at radius 2 is 1.86 bits per heavy atom. The maximum atomic E-state index is 12.6. The predicted molar refractivity (Wildman–Crippen MR) is 112 cm³/mol. The fraction of sp³-hybridized carbons (Fsp3) is 0.455. The van der Waals surface area contributed by atoms with Crippen molar-refractivity contribution in [3.05, 3.63) is 53.9 Å². The molecule has 0 saturated carbocycles. The summed E-state index contributed by atoms with van der Waals surface area (Å²) in [6.45, 7) is 6.90. The van der Waals surface area contributed by atoms with Gasteiger partial charge in [-0.25, -0.2) is 0 Å². The Kier molecular flexibility index (Phi) is 7.43. The first-order valence-electron chi connectivity index (χ1n) is 9.95. The van der Waals surface area contributed by atoms with Gasteiger partial charge in [-0.1, -0.05) is 12.1 Å². The highest BCUT2D eigenvalue weighted by Crippen LogP contribution is 2.27. The van der Waals surface area contributed by atoms with Gasteiger partial charge in [0.2, 0.25) is 5.91 Å². The molecule has 7 nitrogen and oxygen atoms in total. The summed E-state index contributed by atoms with van der Waals surface area (Å²) < 4.78 is 10.6. The number of pyridine rings is 1. The largest absolute Gasteiger partial charge is 0.493 e. The van der Waals surface area contributed by atoms with Crippen LogP contribution in [-0.2, 0) is 17.9 Å². The minimum atomic E-state index is -0.160. The normalized spacial score (nSPS) is 16.2. The minimum absolute atomic E-state index is 0.0398. The summed E-state index contributed by atoms with van der Waals surface area (Å²) in [7, 11) is 3.22. The molecule has 0 bridgehead atoms. The van der Waals surface area contributed by atoms with Crippen molar-refractivity contribution in [2.45, 2.75) is 26.1 Å². The zero-order valence-corrected chi connectivity index (χ0v) is 17.4. The highest BCUT2D eigenvalue weighted by molar-refractivity contribution is 5.81. The van der Waals surface area contributed by atoms with Gasteiger partial charge in [0.1, 0.15) is 0 Å². The molecule has 1 aromatic carbocycles. The number of nitrogens with one attached hydrogen (secondary N) is 1. The topological polar surface area (TPSA) is 66.9 Å². The number of carbonyl (C=O) groups excluding carboxylic acids is 1. The second-order valence-corrected chi connectivity index (χ2v) is 7.22. The van der Waals surface area contributed by atoms with E-state index in [9.17, 15) is 4.79 Å². The fourth-order valence-corrected chi connectivity index (χ4v) is 3.52. The predicted octanol–water partition coefficient (Wildman–Crippen LogP) is 1.92. The Balaban J connectivity index is 1.46. The average molecular weight is 399 g/mol. The summed E-state index contributed by atoms with van der Waals surface area (Å²) in [6, 6.07) is 11.5. The van der Waals surface area contributed by atoms with Crippen molar-refractivity contribution in [2.75, 3.05) is 40.4 Å². The van der Waals surface area contributed by atoms with Crippen LogP contribution in [0.5, 0.6) is 11.5 Å². The highest BCUT2D eigenvalue weighted by atomic mass is 16.5. The Labute approximate surface area is 172 Å². The maximum absolute atomic E-state index is 12.6. The van der Waals surface area contributed by atoms with Crippen molar-refractivity contribution in [1.29, 1.82) is 0 Å². The van der Waals surface area contributed by atoms with Gasteiger partial charge in [0, 0.05) is 45.5 Å². The lowest BCUT2D eigenvalue weighted by molar-refractivity contribution is -0.126. The van der Waals surface area contributed by atoms with Crippen molar-refractivity contribution < 1.29 is 14.3 Å².